The molecular formula is C25H49BO4. The van der Waals surface area contributed by atoms with Crippen LogP contribution < -0.4 is 0 Å². The van der Waals surface area contributed by atoms with E-state index in [0.717, 1.165) is 13.0 Å². The Kier molecular flexibility index (Phi) is 17.2. The van der Waals surface area contributed by atoms with E-state index in [0.29, 0.717) is 6.61 Å². The molecule has 0 spiro atoms. The maximum Gasteiger partial charge on any atom is 0.113 e. The molecule has 1 aliphatic rings. The SMILES string of the molecule is [B][C@@H]1O[C@H](COC(C)C)C(OC)C1OCCCCCCCCCCCCCCCC. The molecule has 0 saturated carbocycles. The largest absolute Gasteiger partial charge is 0.377 e. The van der Waals surface area contributed by atoms with Crippen LogP contribution in [0.4, 0.5) is 0 Å². The van der Waals surface area contributed by atoms with Crippen LogP contribution in [-0.4, -0.2) is 58.6 Å². The van der Waals surface area contributed by atoms with Gasteiger partial charge in [-0.15, -0.1) is 0 Å². The maximum absolute atomic E-state index is 6.12. The van der Waals surface area contributed by atoms with Gasteiger partial charge < -0.3 is 18.9 Å². The van der Waals surface area contributed by atoms with Gasteiger partial charge >= 0.3 is 0 Å². The van der Waals surface area contributed by atoms with Crippen LogP contribution in [0.3, 0.4) is 0 Å². The Bertz CT molecular complexity index is 380. The van der Waals surface area contributed by atoms with Crippen LogP contribution >= 0.6 is 0 Å². The number of methoxy groups -OCH3 is 1. The van der Waals surface area contributed by atoms with Gasteiger partial charge in [0.15, 0.2) is 0 Å². The van der Waals surface area contributed by atoms with Crippen molar-refractivity contribution < 1.29 is 18.9 Å². The molecule has 0 bridgehead atoms. The summed E-state index contributed by atoms with van der Waals surface area (Å²) in [6, 6.07) is -0.442. The van der Waals surface area contributed by atoms with E-state index in [9.17, 15) is 0 Å². The van der Waals surface area contributed by atoms with Gasteiger partial charge in [-0.3, -0.25) is 0 Å². The van der Waals surface area contributed by atoms with Crippen molar-refractivity contribution in [2.75, 3.05) is 20.3 Å². The van der Waals surface area contributed by atoms with Crippen molar-refractivity contribution in [1.29, 1.82) is 0 Å². The van der Waals surface area contributed by atoms with E-state index in [4.69, 9.17) is 26.8 Å². The number of hydrogen-bond donors (Lipinski definition) is 0. The molecule has 0 aromatic heterocycles. The molecule has 1 saturated heterocycles. The van der Waals surface area contributed by atoms with E-state index in [2.05, 4.69) is 6.92 Å². The second kappa shape index (κ2) is 18.5. The molecule has 2 radical (unpaired) electrons. The fourth-order valence-corrected chi connectivity index (χ4v) is 4.17. The van der Waals surface area contributed by atoms with Gasteiger partial charge in [-0.05, 0) is 20.3 Å². The van der Waals surface area contributed by atoms with Crippen LogP contribution in [0.1, 0.15) is 111 Å². The van der Waals surface area contributed by atoms with Gasteiger partial charge in [-0.25, -0.2) is 0 Å². The Morgan fingerprint density at radius 1 is 0.767 bits per heavy atom. The predicted molar refractivity (Wildman–Crippen MR) is 126 cm³/mol. The number of rotatable bonds is 20. The highest BCUT2D eigenvalue weighted by atomic mass is 16.6. The van der Waals surface area contributed by atoms with Gasteiger partial charge in [0.05, 0.1) is 12.7 Å². The van der Waals surface area contributed by atoms with Crippen molar-refractivity contribution >= 4 is 7.85 Å². The van der Waals surface area contributed by atoms with E-state index in [1.807, 2.05) is 13.8 Å². The molecular weight excluding hydrogens is 375 g/mol. The summed E-state index contributed by atoms with van der Waals surface area (Å²) in [6.07, 6.45) is 18.7. The summed E-state index contributed by atoms with van der Waals surface area (Å²) in [5.41, 5.74) is 0. The average Bonchev–Trinajstić information content (AvgIpc) is 3.03. The summed E-state index contributed by atoms with van der Waals surface area (Å²) in [5.74, 6) is 0. The number of ether oxygens (including phenoxy) is 4. The Morgan fingerprint density at radius 3 is 1.73 bits per heavy atom. The topological polar surface area (TPSA) is 36.9 Å². The normalized spacial score (nSPS) is 24.2. The lowest BCUT2D eigenvalue weighted by Gasteiger charge is -2.23. The molecule has 176 valence electrons. The smallest absolute Gasteiger partial charge is 0.113 e. The molecule has 0 amide bonds. The van der Waals surface area contributed by atoms with E-state index in [-0.39, 0.29) is 24.4 Å². The molecule has 0 aromatic carbocycles. The number of hydrogen-bond acceptors (Lipinski definition) is 4. The number of unbranched alkanes of at least 4 members (excludes halogenated alkanes) is 13. The van der Waals surface area contributed by atoms with Crippen LogP contribution in [0.5, 0.6) is 0 Å². The van der Waals surface area contributed by atoms with Crippen LogP contribution in [-0.2, 0) is 18.9 Å². The van der Waals surface area contributed by atoms with Crippen molar-refractivity contribution in [3.05, 3.63) is 0 Å². The van der Waals surface area contributed by atoms with Gasteiger partial charge in [-0.2, -0.15) is 0 Å². The van der Waals surface area contributed by atoms with Crippen LogP contribution in [0.15, 0.2) is 0 Å². The zero-order valence-electron chi connectivity index (χ0n) is 20.4. The van der Waals surface area contributed by atoms with Crippen LogP contribution in [0.2, 0.25) is 0 Å². The molecule has 5 heteroatoms. The van der Waals surface area contributed by atoms with Crippen molar-refractivity contribution in [3.8, 4) is 0 Å². The minimum absolute atomic E-state index is 0.159. The minimum Gasteiger partial charge on any atom is -0.377 e. The summed E-state index contributed by atoms with van der Waals surface area (Å²) in [4.78, 5) is 0. The lowest BCUT2D eigenvalue weighted by Crippen LogP contribution is -2.39. The van der Waals surface area contributed by atoms with Crippen molar-refractivity contribution in [1.82, 2.24) is 0 Å². The van der Waals surface area contributed by atoms with Crippen molar-refractivity contribution in [3.63, 3.8) is 0 Å². The Morgan fingerprint density at radius 2 is 1.27 bits per heavy atom. The molecule has 1 rings (SSSR count). The molecule has 0 aliphatic carbocycles. The van der Waals surface area contributed by atoms with E-state index >= 15 is 0 Å². The molecule has 1 fully saturated rings. The van der Waals surface area contributed by atoms with Crippen molar-refractivity contribution in [2.45, 2.75) is 141 Å². The van der Waals surface area contributed by atoms with Crippen LogP contribution in [0, 0.1) is 0 Å². The standard InChI is InChI=1S/C25H49BO4/c1-5-6-7-8-9-10-11-12-13-14-15-16-17-18-19-28-24-23(27-4)22(30-25(24)26)20-29-21(2)3/h21-25H,5-20H2,1-4H3/t22-,23?,24?,25-/m1/s1. The monoisotopic (exact) mass is 424 g/mol. The summed E-state index contributed by atoms with van der Waals surface area (Å²) in [6.45, 7) is 7.52. The molecule has 1 heterocycles. The third-order valence-corrected chi connectivity index (χ3v) is 6.02. The molecule has 2 unspecified atom stereocenters. The second-order valence-corrected chi connectivity index (χ2v) is 9.15. The van der Waals surface area contributed by atoms with Gasteiger partial charge in [-0.1, -0.05) is 90.4 Å². The first-order valence-corrected chi connectivity index (χ1v) is 12.8. The van der Waals surface area contributed by atoms with E-state index in [1.165, 1.54) is 83.5 Å². The molecule has 4 atom stereocenters. The summed E-state index contributed by atoms with van der Waals surface area (Å²) in [5, 5.41) is 0. The highest BCUT2D eigenvalue weighted by Gasteiger charge is 2.43. The average molecular weight is 424 g/mol. The van der Waals surface area contributed by atoms with E-state index < -0.39 is 6.00 Å². The zero-order chi connectivity index (χ0) is 22.0. The molecule has 30 heavy (non-hydrogen) atoms. The zero-order valence-corrected chi connectivity index (χ0v) is 20.4. The fraction of sp³-hybridized carbons (Fsp3) is 1.00. The van der Waals surface area contributed by atoms with E-state index in [1.54, 1.807) is 7.11 Å². The molecule has 1 aliphatic heterocycles. The summed E-state index contributed by atoms with van der Waals surface area (Å²) < 4.78 is 23.1. The Labute approximate surface area is 188 Å². The molecule has 4 nitrogen and oxygen atoms in total. The molecule has 0 N–H and O–H groups in total. The van der Waals surface area contributed by atoms with Crippen LogP contribution in [0.25, 0.3) is 0 Å². The summed E-state index contributed by atoms with van der Waals surface area (Å²) >= 11 is 0. The first kappa shape index (κ1) is 27.9. The van der Waals surface area contributed by atoms with Gasteiger partial charge in [0.1, 0.15) is 26.2 Å². The second-order valence-electron chi connectivity index (χ2n) is 9.15. The van der Waals surface area contributed by atoms with Gasteiger partial charge in [0.25, 0.3) is 0 Å². The lowest BCUT2D eigenvalue weighted by molar-refractivity contribution is -0.0697. The highest BCUT2D eigenvalue weighted by Crippen LogP contribution is 2.25. The van der Waals surface area contributed by atoms with Gasteiger partial charge in [0.2, 0.25) is 0 Å². The summed E-state index contributed by atoms with van der Waals surface area (Å²) in [7, 11) is 7.81. The Hall–Kier alpha value is -0.0951. The van der Waals surface area contributed by atoms with Crippen molar-refractivity contribution in [2.24, 2.45) is 0 Å². The predicted octanol–water partition coefficient (Wildman–Crippen LogP) is 6.19. The highest BCUT2D eigenvalue weighted by molar-refractivity contribution is 6.11. The third kappa shape index (κ3) is 12.7. The maximum atomic E-state index is 6.12. The lowest BCUT2D eigenvalue weighted by atomic mass is 9.92. The third-order valence-electron chi connectivity index (χ3n) is 6.02. The van der Waals surface area contributed by atoms with Gasteiger partial charge in [0, 0.05) is 19.7 Å². The first-order valence-electron chi connectivity index (χ1n) is 12.8. The Balaban J connectivity index is 1.96. The fourth-order valence-electron chi connectivity index (χ4n) is 4.17. The quantitative estimate of drug-likeness (QED) is 0.173. The minimum atomic E-state index is -0.442. The first-order chi connectivity index (χ1) is 14.6. The molecule has 0 aromatic rings.